The fraction of sp³-hybridized carbons (Fsp3) is 0.200. The molecular weight excluding hydrogens is 358 g/mol. The van der Waals surface area contributed by atoms with Crippen molar-refractivity contribution in [3.63, 3.8) is 0 Å². The Balaban J connectivity index is 1.73. The van der Waals surface area contributed by atoms with Gasteiger partial charge >= 0.3 is 0 Å². The molecule has 0 unspecified atom stereocenters. The predicted octanol–water partition coefficient (Wildman–Crippen LogP) is 3.07. The van der Waals surface area contributed by atoms with E-state index in [2.05, 4.69) is 25.7 Å². The highest BCUT2D eigenvalue weighted by atomic mass is 16.5. The van der Waals surface area contributed by atoms with E-state index in [0.717, 1.165) is 5.56 Å². The lowest BCUT2D eigenvalue weighted by Gasteiger charge is -2.13. The Morgan fingerprint density at radius 3 is 2.57 bits per heavy atom. The average molecular weight is 379 g/mol. The molecule has 0 fully saturated rings. The number of ether oxygens (including phenoxy) is 2. The molecule has 8 nitrogen and oxygen atoms in total. The van der Waals surface area contributed by atoms with E-state index >= 15 is 0 Å². The molecular formula is C20H21N5O3. The number of benzene rings is 2. The van der Waals surface area contributed by atoms with Crippen LogP contribution < -0.4 is 20.5 Å². The highest BCUT2D eigenvalue weighted by molar-refractivity contribution is 5.81. The first-order chi connectivity index (χ1) is 13.6. The van der Waals surface area contributed by atoms with E-state index in [1.165, 1.54) is 0 Å². The number of nitrogens with zero attached hydrogens (tertiary/aromatic N) is 3. The Morgan fingerprint density at radius 1 is 1.11 bits per heavy atom. The van der Waals surface area contributed by atoms with Crippen LogP contribution in [0, 0.1) is 0 Å². The first kappa shape index (κ1) is 19.1. The van der Waals surface area contributed by atoms with Gasteiger partial charge in [-0.2, -0.15) is 5.10 Å². The highest BCUT2D eigenvalue weighted by Gasteiger charge is 2.08. The molecule has 0 atom stereocenters. The number of hydrazone groups is 1. The standard InChI is InChI=1S/C20H21N5O3/c1-13(2)28-17-11-14(9-10-16(17)27-3)12-21-24-20-22-19(26)18(23-25-20)15-7-5-4-6-8-15/h4-13H,1-3H3,(H2,22,24,25,26)/b21-12+. The molecule has 0 aliphatic heterocycles. The highest BCUT2D eigenvalue weighted by Crippen LogP contribution is 2.28. The number of hydrogen-bond acceptors (Lipinski definition) is 7. The maximum absolute atomic E-state index is 12.2. The Labute approximate surface area is 162 Å². The summed E-state index contributed by atoms with van der Waals surface area (Å²) in [6, 6.07) is 14.6. The number of methoxy groups -OCH3 is 1. The van der Waals surface area contributed by atoms with Crippen molar-refractivity contribution in [2.45, 2.75) is 20.0 Å². The quantitative estimate of drug-likeness (QED) is 0.483. The van der Waals surface area contributed by atoms with Crippen LogP contribution in [0.1, 0.15) is 19.4 Å². The van der Waals surface area contributed by atoms with Crippen LogP contribution in [0.4, 0.5) is 5.95 Å². The van der Waals surface area contributed by atoms with Crippen LogP contribution >= 0.6 is 0 Å². The first-order valence-electron chi connectivity index (χ1n) is 8.73. The molecule has 8 heteroatoms. The summed E-state index contributed by atoms with van der Waals surface area (Å²) in [6.45, 7) is 3.88. The molecule has 0 aliphatic rings. The number of H-pyrrole nitrogens is 1. The van der Waals surface area contributed by atoms with E-state index in [-0.39, 0.29) is 23.3 Å². The van der Waals surface area contributed by atoms with E-state index < -0.39 is 0 Å². The lowest BCUT2D eigenvalue weighted by Crippen LogP contribution is -2.15. The molecule has 1 aromatic heterocycles. The monoisotopic (exact) mass is 379 g/mol. The second kappa shape index (κ2) is 8.81. The van der Waals surface area contributed by atoms with Crippen molar-refractivity contribution < 1.29 is 9.47 Å². The zero-order valence-electron chi connectivity index (χ0n) is 15.8. The minimum Gasteiger partial charge on any atom is -0.493 e. The van der Waals surface area contributed by atoms with Gasteiger partial charge in [0.2, 0.25) is 5.95 Å². The molecule has 3 rings (SSSR count). The summed E-state index contributed by atoms with van der Waals surface area (Å²) in [5.74, 6) is 1.42. The van der Waals surface area contributed by atoms with Crippen LogP contribution in [-0.2, 0) is 0 Å². The van der Waals surface area contributed by atoms with Gasteiger partial charge in [0.05, 0.1) is 19.4 Å². The van der Waals surface area contributed by atoms with Gasteiger partial charge in [0, 0.05) is 5.56 Å². The van der Waals surface area contributed by atoms with Gasteiger partial charge in [-0.05, 0) is 37.6 Å². The third-order valence-electron chi connectivity index (χ3n) is 3.68. The Morgan fingerprint density at radius 2 is 1.89 bits per heavy atom. The fourth-order valence-corrected chi connectivity index (χ4v) is 2.46. The van der Waals surface area contributed by atoms with Gasteiger partial charge in [0.15, 0.2) is 17.2 Å². The third kappa shape index (κ3) is 4.73. The molecule has 0 amide bonds. The first-order valence-corrected chi connectivity index (χ1v) is 8.73. The largest absolute Gasteiger partial charge is 0.493 e. The lowest BCUT2D eigenvalue weighted by molar-refractivity contribution is 0.230. The van der Waals surface area contributed by atoms with Gasteiger partial charge in [0.1, 0.15) is 0 Å². The maximum Gasteiger partial charge on any atom is 0.279 e. The number of nitrogens with one attached hydrogen (secondary N) is 2. The van der Waals surface area contributed by atoms with E-state index in [4.69, 9.17) is 9.47 Å². The summed E-state index contributed by atoms with van der Waals surface area (Å²) in [5.41, 5.74) is 4.06. The number of rotatable bonds is 7. The van der Waals surface area contributed by atoms with Crippen LogP contribution in [0.15, 0.2) is 58.4 Å². The lowest BCUT2D eigenvalue weighted by atomic mass is 10.2. The molecule has 0 bridgehead atoms. The van der Waals surface area contributed by atoms with Gasteiger partial charge in [0.25, 0.3) is 5.56 Å². The normalized spacial score (nSPS) is 11.0. The van der Waals surface area contributed by atoms with Crippen molar-refractivity contribution >= 4 is 12.2 Å². The zero-order valence-corrected chi connectivity index (χ0v) is 15.8. The molecule has 0 aliphatic carbocycles. The predicted molar refractivity (Wildman–Crippen MR) is 108 cm³/mol. The Bertz CT molecular complexity index is 1020. The molecule has 0 saturated carbocycles. The number of aromatic amines is 1. The molecule has 0 saturated heterocycles. The molecule has 2 N–H and O–H groups in total. The van der Waals surface area contributed by atoms with Crippen molar-refractivity contribution in [2.75, 3.05) is 12.5 Å². The topological polar surface area (TPSA) is 101 Å². The van der Waals surface area contributed by atoms with Gasteiger partial charge in [-0.3, -0.25) is 9.78 Å². The zero-order chi connectivity index (χ0) is 19.9. The van der Waals surface area contributed by atoms with Crippen molar-refractivity contribution in [3.05, 3.63) is 64.4 Å². The van der Waals surface area contributed by atoms with Crippen LogP contribution in [0.5, 0.6) is 11.5 Å². The minimum atomic E-state index is -0.351. The molecule has 2 aromatic carbocycles. The summed E-state index contributed by atoms with van der Waals surface area (Å²) in [6.07, 6.45) is 1.60. The summed E-state index contributed by atoms with van der Waals surface area (Å²) < 4.78 is 11.0. The van der Waals surface area contributed by atoms with Gasteiger partial charge in [-0.1, -0.05) is 30.3 Å². The molecule has 0 spiro atoms. The maximum atomic E-state index is 12.2. The van der Waals surface area contributed by atoms with Crippen LogP contribution in [0.2, 0.25) is 0 Å². The van der Waals surface area contributed by atoms with Crippen LogP contribution in [-0.4, -0.2) is 34.6 Å². The van der Waals surface area contributed by atoms with Crippen molar-refractivity contribution in [1.29, 1.82) is 0 Å². The second-order valence-corrected chi connectivity index (χ2v) is 6.16. The third-order valence-corrected chi connectivity index (χ3v) is 3.68. The summed E-state index contributed by atoms with van der Waals surface area (Å²) in [7, 11) is 1.59. The molecule has 0 radical (unpaired) electrons. The molecule has 28 heavy (non-hydrogen) atoms. The summed E-state index contributed by atoms with van der Waals surface area (Å²) >= 11 is 0. The summed E-state index contributed by atoms with van der Waals surface area (Å²) in [5, 5.41) is 12.0. The van der Waals surface area contributed by atoms with Crippen molar-refractivity contribution in [2.24, 2.45) is 5.10 Å². The second-order valence-electron chi connectivity index (χ2n) is 6.16. The van der Waals surface area contributed by atoms with Crippen LogP contribution in [0.25, 0.3) is 11.3 Å². The van der Waals surface area contributed by atoms with E-state index in [1.807, 2.05) is 44.2 Å². The average Bonchev–Trinajstić information content (AvgIpc) is 2.68. The van der Waals surface area contributed by atoms with E-state index in [0.29, 0.717) is 17.1 Å². The van der Waals surface area contributed by atoms with Gasteiger partial charge in [-0.25, -0.2) is 5.43 Å². The van der Waals surface area contributed by atoms with Crippen LogP contribution in [0.3, 0.4) is 0 Å². The molecule has 144 valence electrons. The SMILES string of the molecule is COc1ccc(/C=N/Nc2nnc(-c3ccccc3)c(=O)[nH]2)cc1OC(C)C. The summed E-state index contributed by atoms with van der Waals surface area (Å²) in [4.78, 5) is 14.8. The van der Waals surface area contributed by atoms with E-state index in [1.54, 1.807) is 31.5 Å². The fourth-order valence-electron chi connectivity index (χ4n) is 2.46. The molecule has 1 heterocycles. The molecule has 3 aromatic rings. The van der Waals surface area contributed by atoms with Crippen molar-refractivity contribution in [1.82, 2.24) is 15.2 Å². The number of anilines is 1. The van der Waals surface area contributed by atoms with E-state index in [9.17, 15) is 4.79 Å². The van der Waals surface area contributed by atoms with Gasteiger partial charge < -0.3 is 9.47 Å². The number of hydrogen-bond donors (Lipinski definition) is 2. The Kier molecular flexibility index (Phi) is 6.01. The van der Waals surface area contributed by atoms with Gasteiger partial charge in [-0.15, -0.1) is 10.2 Å². The van der Waals surface area contributed by atoms with Crippen molar-refractivity contribution in [3.8, 4) is 22.8 Å². The Hall–Kier alpha value is -3.68. The number of aromatic nitrogens is 3. The minimum absolute atomic E-state index is 0.0164. The smallest absolute Gasteiger partial charge is 0.279 e.